The summed E-state index contributed by atoms with van der Waals surface area (Å²) >= 11 is 0. The van der Waals surface area contributed by atoms with Crippen LogP contribution in [0, 0.1) is 12.7 Å². The molecule has 26 heavy (non-hydrogen) atoms. The van der Waals surface area contributed by atoms with Gasteiger partial charge in [-0.2, -0.15) is 0 Å². The first-order chi connectivity index (χ1) is 12.3. The van der Waals surface area contributed by atoms with Crippen molar-refractivity contribution >= 4 is 28.8 Å². The van der Waals surface area contributed by atoms with Crippen LogP contribution in [-0.2, 0) is 4.79 Å². The number of carbonyl (C=O) groups excluding carboxylic acids is 1. The summed E-state index contributed by atoms with van der Waals surface area (Å²) in [5.74, 6) is 0.0405. The number of aryl methyl sites for hydroxylation is 1. The average Bonchev–Trinajstić information content (AvgIpc) is 2.58. The third kappa shape index (κ3) is 4.75. The van der Waals surface area contributed by atoms with Gasteiger partial charge in [-0.25, -0.2) is 19.4 Å². The maximum Gasteiger partial charge on any atom is 0.265 e. The van der Waals surface area contributed by atoms with Crippen molar-refractivity contribution in [2.24, 2.45) is 4.99 Å². The van der Waals surface area contributed by atoms with E-state index in [4.69, 9.17) is 4.74 Å². The van der Waals surface area contributed by atoms with Crippen LogP contribution in [0.4, 0.5) is 21.6 Å². The van der Waals surface area contributed by atoms with Gasteiger partial charge in [0.25, 0.3) is 5.91 Å². The van der Waals surface area contributed by atoms with Crippen molar-refractivity contribution in [3.63, 3.8) is 0 Å². The van der Waals surface area contributed by atoms with Gasteiger partial charge in [0.05, 0.1) is 17.5 Å². The van der Waals surface area contributed by atoms with Crippen molar-refractivity contribution < 1.29 is 13.9 Å². The lowest BCUT2D eigenvalue weighted by atomic mass is 10.2. The molecule has 0 bridgehead atoms. The molecule has 2 aromatic rings. The molecule has 2 N–H and O–H groups in total. The lowest BCUT2D eigenvalue weighted by Gasteiger charge is -2.16. The number of nitrogens with zero attached hydrogens (tertiary/aromatic N) is 3. The molecule has 1 aromatic carbocycles. The highest BCUT2D eigenvalue weighted by Gasteiger charge is 2.14. The zero-order valence-corrected chi connectivity index (χ0v) is 15.4. The summed E-state index contributed by atoms with van der Waals surface area (Å²) < 4.78 is 19.2. The Balaban J connectivity index is 2.45. The molecule has 1 heterocycles. The molecule has 0 aliphatic carbocycles. The van der Waals surface area contributed by atoms with Crippen molar-refractivity contribution in [3.05, 3.63) is 36.0 Å². The van der Waals surface area contributed by atoms with Gasteiger partial charge in [0.15, 0.2) is 5.82 Å². The van der Waals surface area contributed by atoms with Crippen LogP contribution in [0.3, 0.4) is 0 Å². The number of halogens is 1. The Bertz CT molecular complexity index is 836. The second kappa shape index (κ2) is 8.37. The van der Waals surface area contributed by atoms with Gasteiger partial charge < -0.3 is 15.4 Å². The van der Waals surface area contributed by atoms with E-state index in [9.17, 15) is 9.18 Å². The van der Waals surface area contributed by atoms with Crippen molar-refractivity contribution in [2.45, 2.75) is 33.8 Å². The highest BCUT2D eigenvalue weighted by Crippen LogP contribution is 2.33. The molecular formula is C18H22FN5O2. The Morgan fingerprint density at radius 3 is 2.69 bits per heavy atom. The number of nitrogens with one attached hydrogen (secondary N) is 2. The normalized spacial score (nSPS) is 11.4. The molecule has 1 amide bonds. The Hall–Kier alpha value is -3.03. The molecule has 0 radical (unpaired) electrons. The van der Waals surface area contributed by atoms with Crippen molar-refractivity contribution in [1.29, 1.82) is 0 Å². The molecule has 0 saturated heterocycles. The quantitative estimate of drug-likeness (QED) is 0.773. The number of rotatable bonds is 6. The molecular weight excluding hydrogens is 337 g/mol. The van der Waals surface area contributed by atoms with Gasteiger partial charge in [-0.1, -0.05) is 0 Å². The first-order valence-corrected chi connectivity index (χ1v) is 8.14. The van der Waals surface area contributed by atoms with E-state index in [0.717, 1.165) is 0 Å². The zero-order chi connectivity index (χ0) is 19.3. The van der Waals surface area contributed by atoms with Gasteiger partial charge >= 0.3 is 0 Å². The Kier molecular flexibility index (Phi) is 6.21. The van der Waals surface area contributed by atoms with E-state index < -0.39 is 5.82 Å². The van der Waals surface area contributed by atoms with E-state index in [1.165, 1.54) is 25.5 Å². The molecule has 2 rings (SSSR count). The number of aliphatic imine (C=N–C) groups is 1. The number of hydrogen-bond donors (Lipinski definition) is 2. The fraction of sp³-hybridized carbons (Fsp3) is 0.333. The van der Waals surface area contributed by atoms with Crippen LogP contribution in [0.25, 0.3) is 0 Å². The topological polar surface area (TPSA) is 88.5 Å². The number of ether oxygens (including phenoxy) is 1. The first-order valence-electron chi connectivity index (χ1n) is 8.14. The van der Waals surface area contributed by atoms with Crippen LogP contribution in [-0.4, -0.2) is 34.7 Å². The lowest BCUT2D eigenvalue weighted by Crippen LogP contribution is -2.25. The highest BCUT2D eigenvalue weighted by molar-refractivity contribution is 6.38. The minimum Gasteiger partial charge on any atom is -0.489 e. The molecule has 8 heteroatoms. The molecule has 0 aliphatic rings. The smallest absolute Gasteiger partial charge is 0.265 e. The average molecular weight is 359 g/mol. The van der Waals surface area contributed by atoms with E-state index in [1.54, 1.807) is 19.9 Å². The third-order valence-corrected chi connectivity index (χ3v) is 3.40. The maximum atomic E-state index is 13.6. The molecule has 1 aromatic heterocycles. The first kappa shape index (κ1) is 19.3. The van der Waals surface area contributed by atoms with Crippen LogP contribution in [0.2, 0.25) is 0 Å². The fourth-order valence-corrected chi connectivity index (χ4v) is 2.17. The minimum absolute atomic E-state index is 0.127. The SMILES string of the molecule is CNC(=O)/C(C)=N/c1c(C)ncnc1Nc1ccc(F)cc1OC(C)C. The van der Waals surface area contributed by atoms with Crippen LogP contribution in [0.1, 0.15) is 26.5 Å². The molecule has 0 atom stereocenters. The highest BCUT2D eigenvalue weighted by atomic mass is 19.1. The van der Waals surface area contributed by atoms with Crippen molar-refractivity contribution in [3.8, 4) is 5.75 Å². The van der Waals surface area contributed by atoms with E-state index in [-0.39, 0.29) is 17.7 Å². The van der Waals surface area contributed by atoms with Gasteiger partial charge in [-0.3, -0.25) is 4.79 Å². The van der Waals surface area contributed by atoms with Gasteiger partial charge in [0.1, 0.15) is 29.3 Å². The van der Waals surface area contributed by atoms with Crippen LogP contribution in [0.15, 0.2) is 29.5 Å². The second-order valence-corrected chi connectivity index (χ2v) is 5.86. The molecule has 7 nitrogen and oxygen atoms in total. The molecule has 0 unspecified atom stereocenters. The van der Waals surface area contributed by atoms with Gasteiger partial charge in [0.2, 0.25) is 0 Å². The lowest BCUT2D eigenvalue weighted by molar-refractivity contribution is -0.114. The molecule has 138 valence electrons. The van der Waals surface area contributed by atoms with Gasteiger partial charge in [-0.05, 0) is 39.8 Å². The summed E-state index contributed by atoms with van der Waals surface area (Å²) in [4.78, 5) is 24.4. The molecule has 0 saturated carbocycles. The Labute approximate surface area is 151 Å². The fourth-order valence-electron chi connectivity index (χ4n) is 2.17. The van der Waals surface area contributed by atoms with Crippen molar-refractivity contribution in [1.82, 2.24) is 15.3 Å². The number of hydrogen-bond acceptors (Lipinski definition) is 6. The number of amides is 1. The zero-order valence-electron chi connectivity index (χ0n) is 15.4. The maximum absolute atomic E-state index is 13.6. The summed E-state index contributed by atoms with van der Waals surface area (Å²) in [6.45, 7) is 7.07. The summed E-state index contributed by atoms with van der Waals surface area (Å²) in [5, 5.41) is 5.61. The summed E-state index contributed by atoms with van der Waals surface area (Å²) in [6.07, 6.45) is 1.26. The van der Waals surface area contributed by atoms with E-state index in [1.807, 2.05) is 13.8 Å². The van der Waals surface area contributed by atoms with E-state index in [0.29, 0.717) is 28.6 Å². The number of benzene rings is 1. The monoisotopic (exact) mass is 359 g/mol. The Morgan fingerprint density at radius 1 is 1.31 bits per heavy atom. The second-order valence-electron chi connectivity index (χ2n) is 5.86. The molecule has 0 aliphatic heterocycles. The van der Waals surface area contributed by atoms with E-state index >= 15 is 0 Å². The summed E-state index contributed by atoms with van der Waals surface area (Å²) in [6, 6.07) is 4.18. The van der Waals surface area contributed by atoms with Crippen LogP contribution < -0.4 is 15.4 Å². The predicted octanol–water partition coefficient (Wildman–Crippen LogP) is 3.29. The van der Waals surface area contributed by atoms with Crippen molar-refractivity contribution in [2.75, 3.05) is 12.4 Å². The van der Waals surface area contributed by atoms with Gasteiger partial charge in [0, 0.05) is 13.1 Å². The third-order valence-electron chi connectivity index (χ3n) is 3.40. The standard InChI is InChI=1S/C18H22FN5O2/c1-10(2)26-15-8-13(19)6-7-14(15)24-17-16(11(3)21-9-22-17)23-12(4)18(25)20-5/h6-10H,1-5H3,(H,20,25)(H,21,22,24)/b23-12+. The van der Waals surface area contributed by atoms with Gasteiger partial charge in [-0.15, -0.1) is 0 Å². The largest absolute Gasteiger partial charge is 0.489 e. The van der Waals surface area contributed by atoms with E-state index in [2.05, 4.69) is 25.6 Å². The summed E-state index contributed by atoms with van der Waals surface area (Å²) in [7, 11) is 1.53. The Morgan fingerprint density at radius 2 is 2.04 bits per heavy atom. The molecule has 0 fully saturated rings. The summed E-state index contributed by atoms with van der Waals surface area (Å²) in [5.41, 5.74) is 1.83. The van der Waals surface area contributed by atoms with Crippen LogP contribution in [0.5, 0.6) is 5.75 Å². The minimum atomic E-state index is -0.404. The predicted molar refractivity (Wildman–Crippen MR) is 99.1 cm³/mol. The molecule has 0 spiro atoms. The number of carbonyl (C=O) groups is 1. The number of anilines is 2. The van der Waals surface area contributed by atoms with Crippen LogP contribution >= 0.6 is 0 Å². The number of aromatic nitrogens is 2.